The number of urea groups is 1. The normalized spacial score (nSPS) is 18.6. The predicted molar refractivity (Wildman–Crippen MR) is 94.0 cm³/mol. The zero-order valence-electron chi connectivity index (χ0n) is 14.4. The summed E-state index contributed by atoms with van der Waals surface area (Å²) in [6.07, 6.45) is 0. The Bertz CT molecular complexity index is 938. The summed E-state index contributed by atoms with van der Waals surface area (Å²) >= 11 is 0. The standard InChI is InChI=1S/C19H16N4O4/c1-19(14-8-3-2-4-9-14)17(25)23(18(26)21-19)22-16(24)12-27-15-10-6-5-7-13(15)11-20/h2-10H,12H2,1H3,(H,21,26)(H,22,24). The fourth-order valence-corrected chi connectivity index (χ4v) is 2.69. The van der Waals surface area contributed by atoms with Crippen LogP contribution in [-0.4, -0.2) is 29.5 Å². The van der Waals surface area contributed by atoms with Crippen LogP contribution in [0.2, 0.25) is 0 Å². The van der Waals surface area contributed by atoms with Crippen LogP contribution in [0.1, 0.15) is 18.1 Å². The van der Waals surface area contributed by atoms with Crippen LogP contribution in [-0.2, 0) is 15.1 Å². The van der Waals surface area contributed by atoms with Crippen molar-refractivity contribution in [1.29, 1.82) is 5.26 Å². The molecule has 1 saturated heterocycles. The van der Waals surface area contributed by atoms with Gasteiger partial charge in [0.15, 0.2) is 6.61 Å². The highest BCUT2D eigenvalue weighted by atomic mass is 16.5. The first-order valence-corrected chi connectivity index (χ1v) is 8.09. The molecule has 0 saturated carbocycles. The predicted octanol–water partition coefficient (Wildman–Crippen LogP) is 1.44. The zero-order chi connectivity index (χ0) is 19.4. The molecular weight excluding hydrogens is 348 g/mol. The van der Waals surface area contributed by atoms with Crippen molar-refractivity contribution in [2.75, 3.05) is 6.61 Å². The molecule has 2 N–H and O–H groups in total. The summed E-state index contributed by atoms with van der Waals surface area (Å²) in [4.78, 5) is 37.0. The number of carbonyl (C=O) groups excluding carboxylic acids is 3. The SMILES string of the molecule is CC1(c2ccccc2)NC(=O)N(NC(=O)COc2ccccc2C#N)C1=O. The maximum atomic E-state index is 12.7. The molecule has 2 aromatic rings. The lowest BCUT2D eigenvalue weighted by molar-refractivity contribution is -0.139. The van der Waals surface area contributed by atoms with E-state index in [2.05, 4.69) is 10.7 Å². The highest BCUT2D eigenvalue weighted by molar-refractivity contribution is 6.08. The highest BCUT2D eigenvalue weighted by Gasteiger charge is 2.49. The van der Waals surface area contributed by atoms with Crippen LogP contribution < -0.4 is 15.5 Å². The fraction of sp³-hybridized carbons (Fsp3) is 0.158. The van der Waals surface area contributed by atoms with Crippen molar-refractivity contribution in [3.63, 3.8) is 0 Å². The van der Waals surface area contributed by atoms with E-state index in [4.69, 9.17) is 10.00 Å². The van der Waals surface area contributed by atoms with Crippen LogP contribution in [0.4, 0.5) is 4.79 Å². The summed E-state index contributed by atoms with van der Waals surface area (Å²) in [7, 11) is 0. The molecule has 8 heteroatoms. The number of nitriles is 1. The molecule has 1 fully saturated rings. The first-order chi connectivity index (χ1) is 13.0. The van der Waals surface area contributed by atoms with Crippen molar-refractivity contribution in [1.82, 2.24) is 15.8 Å². The Balaban J connectivity index is 1.67. The number of hydrogen-bond acceptors (Lipinski definition) is 5. The summed E-state index contributed by atoms with van der Waals surface area (Å²) in [5.41, 5.74) is 1.83. The van der Waals surface area contributed by atoms with E-state index >= 15 is 0 Å². The molecule has 3 rings (SSSR count). The van der Waals surface area contributed by atoms with Crippen LogP contribution in [0.3, 0.4) is 0 Å². The van der Waals surface area contributed by atoms with Gasteiger partial charge < -0.3 is 10.1 Å². The molecule has 136 valence electrons. The number of rotatable bonds is 5. The second kappa shape index (κ2) is 7.17. The Hall–Kier alpha value is -3.86. The molecule has 1 aliphatic heterocycles. The molecular formula is C19H16N4O4. The lowest BCUT2D eigenvalue weighted by Crippen LogP contribution is -2.49. The first-order valence-electron chi connectivity index (χ1n) is 8.09. The van der Waals surface area contributed by atoms with E-state index in [1.54, 1.807) is 61.5 Å². The van der Waals surface area contributed by atoms with Gasteiger partial charge in [0.1, 0.15) is 17.4 Å². The quantitative estimate of drug-likeness (QED) is 0.780. The Morgan fingerprint density at radius 1 is 1.19 bits per heavy atom. The minimum Gasteiger partial charge on any atom is -0.482 e. The second-order valence-corrected chi connectivity index (χ2v) is 5.99. The molecule has 0 aliphatic carbocycles. The number of hydrogen-bond donors (Lipinski definition) is 2. The van der Waals surface area contributed by atoms with Gasteiger partial charge in [0.05, 0.1) is 5.56 Å². The molecule has 0 bridgehead atoms. The van der Waals surface area contributed by atoms with E-state index in [0.29, 0.717) is 10.6 Å². The largest absolute Gasteiger partial charge is 0.482 e. The molecule has 0 radical (unpaired) electrons. The van der Waals surface area contributed by atoms with E-state index < -0.39 is 30.0 Å². The summed E-state index contributed by atoms with van der Waals surface area (Å²) < 4.78 is 5.30. The van der Waals surface area contributed by atoms with E-state index in [1.165, 1.54) is 0 Å². The third-order valence-electron chi connectivity index (χ3n) is 4.14. The lowest BCUT2D eigenvalue weighted by Gasteiger charge is -2.22. The Kier molecular flexibility index (Phi) is 4.77. The maximum Gasteiger partial charge on any atom is 0.344 e. The first kappa shape index (κ1) is 17.9. The summed E-state index contributed by atoms with van der Waals surface area (Å²) in [5, 5.41) is 12.2. The number of imide groups is 1. The average Bonchev–Trinajstić information content (AvgIpc) is 2.91. The van der Waals surface area contributed by atoms with Crippen molar-refractivity contribution >= 4 is 17.8 Å². The van der Waals surface area contributed by atoms with E-state index in [9.17, 15) is 14.4 Å². The topological polar surface area (TPSA) is 112 Å². The van der Waals surface area contributed by atoms with Crippen LogP contribution in [0.5, 0.6) is 5.75 Å². The highest BCUT2D eigenvalue weighted by Crippen LogP contribution is 2.27. The van der Waals surface area contributed by atoms with E-state index in [0.717, 1.165) is 0 Å². The average molecular weight is 364 g/mol. The lowest BCUT2D eigenvalue weighted by atomic mass is 9.92. The van der Waals surface area contributed by atoms with Gasteiger partial charge in [0, 0.05) is 0 Å². The van der Waals surface area contributed by atoms with Crippen molar-refractivity contribution in [3.05, 3.63) is 65.7 Å². The Morgan fingerprint density at radius 2 is 1.85 bits per heavy atom. The maximum absolute atomic E-state index is 12.7. The van der Waals surface area contributed by atoms with Crippen LogP contribution >= 0.6 is 0 Å². The third kappa shape index (κ3) is 3.43. The summed E-state index contributed by atoms with van der Waals surface area (Å²) in [5.74, 6) is -1.07. The van der Waals surface area contributed by atoms with Gasteiger partial charge in [-0.25, -0.2) is 4.79 Å². The van der Waals surface area contributed by atoms with Gasteiger partial charge in [-0.05, 0) is 24.6 Å². The molecule has 1 atom stereocenters. The van der Waals surface area contributed by atoms with Gasteiger partial charge in [-0.3, -0.25) is 15.0 Å². The number of hydrazine groups is 1. The molecule has 1 unspecified atom stereocenters. The van der Waals surface area contributed by atoms with Crippen molar-refractivity contribution in [2.45, 2.75) is 12.5 Å². The van der Waals surface area contributed by atoms with E-state index in [1.807, 2.05) is 6.07 Å². The second-order valence-electron chi connectivity index (χ2n) is 5.99. The number of nitrogens with one attached hydrogen (secondary N) is 2. The molecule has 4 amide bonds. The van der Waals surface area contributed by atoms with Crippen molar-refractivity contribution in [3.8, 4) is 11.8 Å². The summed E-state index contributed by atoms with van der Waals surface area (Å²) in [6.45, 7) is 1.10. The monoisotopic (exact) mass is 364 g/mol. The van der Waals surface area contributed by atoms with Crippen LogP contribution in [0.15, 0.2) is 54.6 Å². The molecule has 0 spiro atoms. The van der Waals surface area contributed by atoms with Crippen molar-refractivity contribution < 1.29 is 19.1 Å². The van der Waals surface area contributed by atoms with Gasteiger partial charge in [-0.2, -0.15) is 10.3 Å². The zero-order valence-corrected chi connectivity index (χ0v) is 14.4. The van der Waals surface area contributed by atoms with Gasteiger partial charge in [-0.15, -0.1) is 0 Å². The molecule has 1 aliphatic rings. The van der Waals surface area contributed by atoms with Crippen molar-refractivity contribution in [2.24, 2.45) is 0 Å². The number of benzene rings is 2. The molecule has 27 heavy (non-hydrogen) atoms. The van der Waals surface area contributed by atoms with Crippen LogP contribution in [0.25, 0.3) is 0 Å². The number of carbonyl (C=O) groups is 3. The minimum atomic E-state index is -1.28. The molecule has 1 heterocycles. The number of para-hydroxylation sites is 1. The van der Waals surface area contributed by atoms with Gasteiger partial charge >= 0.3 is 6.03 Å². The number of amides is 4. The Labute approximate surface area is 155 Å². The van der Waals surface area contributed by atoms with Gasteiger partial charge in [-0.1, -0.05) is 42.5 Å². The Morgan fingerprint density at radius 3 is 2.56 bits per heavy atom. The van der Waals surface area contributed by atoms with E-state index in [-0.39, 0.29) is 11.3 Å². The van der Waals surface area contributed by atoms with Gasteiger partial charge in [0.25, 0.3) is 11.8 Å². The minimum absolute atomic E-state index is 0.237. The number of nitrogens with zero attached hydrogens (tertiary/aromatic N) is 2. The fourth-order valence-electron chi connectivity index (χ4n) is 2.69. The summed E-state index contributed by atoms with van der Waals surface area (Å²) in [6, 6.07) is 16.4. The third-order valence-corrected chi connectivity index (χ3v) is 4.14. The number of ether oxygens (including phenoxy) is 1. The molecule has 0 aromatic heterocycles. The van der Waals surface area contributed by atoms with Crippen LogP contribution in [0, 0.1) is 11.3 Å². The van der Waals surface area contributed by atoms with Gasteiger partial charge in [0.2, 0.25) is 0 Å². The smallest absolute Gasteiger partial charge is 0.344 e. The molecule has 2 aromatic carbocycles. The molecule has 8 nitrogen and oxygen atoms in total.